The molecule has 1 aromatic carbocycles. The summed E-state index contributed by atoms with van der Waals surface area (Å²) in [6.45, 7) is 8.16. The Morgan fingerprint density at radius 2 is 1.83 bits per heavy atom. The summed E-state index contributed by atoms with van der Waals surface area (Å²) in [5, 5.41) is 1.89. The van der Waals surface area contributed by atoms with E-state index in [-0.39, 0.29) is 22.6 Å². The summed E-state index contributed by atoms with van der Waals surface area (Å²) in [7, 11) is -4.02. The van der Waals surface area contributed by atoms with Crippen LogP contribution in [-0.4, -0.2) is 37.2 Å². The van der Waals surface area contributed by atoms with Gasteiger partial charge in [-0.3, -0.25) is 9.59 Å². The van der Waals surface area contributed by atoms with Crippen LogP contribution in [0.3, 0.4) is 0 Å². The quantitative estimate of drug-likeness (QED) is 0.784. The second kappa shape index (κ2) is 7.57. The number of likely N-dealkylation sites (tertiary alicyclic amines) is 1. The van der Waals surface area contributed by atoms with E-state index in [9.17, 15) is 18.0 Å². The maximum atomic E-state index is 12.8. The van der Waals surface area contributed by atoms with E-state index in [1.807, 2.05) is 38.3 Å². The molecule has 2 heterocycles. The molecule has 1 atom stereocenters. The summed E-state index contributed by atoms with van der Waals surface area (Å²) >= 11 is 1.48. The smallest absolute Gasteiger partial charge is 0.264 e. The van der Waals surface area contributed by atoms with Crippen molar-refractivity contribution in [1.29, 1.82) is 0 Å². The lowest BCUT2D eigenvalue weighted by molar-refractivity contribution is -0.156. The lowest BCUT2D eigenvalue weighted by atomic mass is 9.85. The summed E-state index contributed by atoms with van der Waals surface area (Å²) < 4.78 is 27.5. The molecule has 1 saturated heterocycles. The first kappa shape index (κ1) is 21.5. The molecule has 6 nitrogen and oxygen atoms in total. The van der Waals surface area contributed by atoms with Gasteiger partial charge in [-0.15, -0.1) is 11.3 Å². The van der Waals surface area contributed by atoms with Crippen molar-refractivity contribution in [2.45, 2.75) is 56.4 Å². The average molecular weight is 435 g/mol. The molecule has 2 amide bonds. The number of hydrogen-bond donors (Lipinski definition) is 1. The number of hydrogen-bond acceptors (Lipinski definition) is 5. The van der Waals surface area contributed by atoms with Gasteiger partial charge >= 0.3 is 0 Å². The fourth-order valence-electron chi connectivity index (χ4n) is 3.28. The second-order valence-electron chi connectivity index (χ2n) is 8.53. The molecule has 0 bridgehead atoms. The Kier molecular flexibility index (Phi) is 5.62. The third-order valence-electron chi connectivity index (χ3n) is 5.37. The van der Waals surface area contributed by atoms with Crippen LogP contribution in [0.5, 0.6) is 0 Å². The number of rotatable bonds is 5. The standard InChI is InChI=1S/C21H26N2O4S2/c1-20(2,3)15-7-9-17(10-8-15)29(26,27)22-19(25)21(4)11-12-23(21)18(24)14-16-6-5-13-28-16/h5-10,13H,11-12,14H2,1-4H3,(H,22,25). The van der Waals surface area contributed by atoms with E-state index in [0.29, 0.717) is 13.0 Å². The van der Waals surface area contributed by atoms with E-state index in [1.54, 1.807) is 19.1 Å². The van der Waals surface area contributed by atoms with Crippen LogP contribution in [0.15, 0.2) is 46.7 Å². The molecule has 0 radical (unpaired) electrons. The molecular weight excluding hydrogens is 408 g/mol. The number of nitrogens with one attached hydrogen (secondary N) is 1. The number of thiophene rings is 1. The molecule has 1 unspecified atom stereocenters. The van der Waals surface area contributed by atoms with Gasteiger partial charge in [0.05, 0.1) is 11.3 Å². The topological polar surface area (TPSA) is 83.6 Å². The van der Waals surface area contributed by atoms with Gasteiger partial charge in [-0.25, -0.2) is 13.1 Å². The first-order chi connectivity index (χ1) is 13.4. The van der Waals surface area contributed by atoms with Gasteiger partial charge in [-0.05, 0) is 47.9 Å². The molecule has 1 aromatic heterocycles. The van der Waals surface area contributed by atoms with Gasteiger partial charge in [0.2, 0.25) is 5.91 Å². The Balaban J connectivity index is 1.72. The van der Waals surface area contributed by atoms with Crippen molar-refractivity contribution >= 4 is 33.2 Å². The normalized spacial score (nSPS) is 19.5. The number of amides is 2. The van der Waals surface area contributed by atoms with Crippen molar-refractivity contribution in [1.82, 2.24) is 9.62 Å². The van der Waals surface area contributed by atoms with Gasteiger partial charge in [0, 0.05) is 11.4 Å². The SMILES string of the molecule is CC(C)(C)c1ccc(S(=O)(=O)NC(=O)C2(C)CCN2C(=O)Cc2cccs2)cc1. The maximum Gasteiger partial charge on any atom is 0.264 e. The van der Waals surface area contributed by atoms with Crippen molar-refractivity contribution in [3.8, 4) is 0 Å². The van der Waals surface area contributed by atoms with E-state index < -0.39 is 21.5 Å². The zero-order valence-electron chi connectivity index (χ0n) is 17.1. The summed E-state index contributed by atoms with van der Waals surface area (Å²) in [6.07, 6.45) is 0.634. The summed E-state index contributed by atoms with van der Waals surface area (Å²) in [5.41, 5.74) is -0.264. The molecule has 1 aliphatic rings. The number of benzene rings is 1. The molecule has 156 valence electrons. The molecule has 1 N–H and O–H groups in total. The van der Waals surface area contributed by atoms with Crippen molar-refractivity contribution in [2.24, 2.45) is 0 Å². The van der Waals surface area contributed by atoms with Crippen LogP contribution in [0.4, 0.5) is 0 Å². The molecule has 1 aliphatic heterocycles. The van der Waals surface area contributed by atoms with E-state index >= 15 is 0 Å². The monoisotopic (exact) mass is 434 g/mol. The van der Waals surface area contributed by atoms with Crippen molar-refractivity contribution in [2.75, 3.05) is 6.54 Å². The third kappa shape index (κ3) is 4.38. The summed E-state index contributed by atoms with van der Waals surface area (Å²) in [6, 6.07) is 10.2. The minimum Gasteiger partial charge on any atom is -0.328 e. The average Bonchev–Trinajstić information content (AvgIpc) is 3.11. The fraction of sp³-hybridized carbons (Fsp3) is 0.429. The number of nitrogens with zero attached hydrogens (tertiary/aromatic N) is 1. The Labute approximate surface area is 176 Å². The van der Waals surface area contributed by atoms with Crippen LogP contribution in [0, 0.1) is 0 Å². The van der Waals surface area contributed by atoms with Crippen LogP contribution in [-0.2, 0) is 31.4 Å². The Morgan fingerprint density at radius 1 is 1.17 bits per heavy atom. The Bertz CT molecular complexity index is 1010. The van der Waals surface area contributed by atoms with Crippen molar-refractivity contribution < 1.29 is 18.0 Å². The van der Waals surface area contributed by atoms with E-state index in [0.717, 1.165) is 10.4 Å². The summed E-state index contributed by atoms with van der Waals surface area (Å²) in [5.74, 6) is -0.855. The maximum absolute atomic E-state index is 12.8. The van der Waals surface area contributed by atoms with Crippen LogP contribution in [0.2, 0.25) is 0 Å². The van der Waals surface area contributed by atoms with Crippen LogP contribution >= 0.6 is 11.3 Å². The molecule has 2 aromatic rings. The largest absolute Gasteiger partial charge is 0.328 e. The van der Waals surface area contributed by atoms with Crippen LogP contribution in [0.25, 0.3) is 0 Å². The molecule has 0 saturated carbocycles. The van der Waals surface area contributed by atoms with Crippen molar-refractivity contribution in [3.63, 3.8) is 0 Å². The number of carbonyl (C=O) groups excluding carboxylic acids is 2. The lowest BCUT2D eigenvalue weighted by Crippen LogP contribution is -2.68. The number of carbonyl (C=O) groups is 2. The fourth-order valence-corrected chi connectivity index (χ4v) is 5.05. The van der Waals surface area contributed by atoms with Gasteiger partial charge in [-0.1, -0.05) is 39.0 Å². The molecule has 8 heteroatoms. The highest BCUT2D eigenvalue weighted by atomic mass is 32.2. The van der Waals surface area contributed by atoms with Crippen LogP contribution < -0.4 is 4.72 Å². The molecule has 3 rings (SSSR count). The van der Waals surface area contributed by atoms with E-state index in [4.69, 9.17) is 0 Å². The predicted molar refractivity (Wildman–Crippen MR) is 113 cm³/mol. The predicted octanol–water partition coefficient (Wildman–Crippen LogP) is 3.08. The second-order valence-corrected chi connectivity index (χ2v) is 11.2. The van der Waals surface area contributed by atoms with Gasteiger partial charge in [0.1, 0.15) is 5.54 Å². The lowest BCUT2D eigenvalue weighted by Gasteiger charge is -2.48. The van der Waals surface area contributed by atoms with Gasteiger partial charge in [0.15, 0.2) is 0 Å². The first-order valence-electron chi connectivity index (χ1n) is 9.44. The zero-order chi connectivity index (χ0) is 21.4. The zero-order valence-corrected chi connectivity index (χ0v) is 18.7. The Morgan fingerprint density at radius 3 is 2.31 bits per heavy atom. The highest BCUT2D eigenvalue weighted by molar-refractivity contribution is 7.90. The highest BCUT2D eigenvalue weighted by Gasteiger charge is 2.50. The minimum absolute atomic E-state index is 0.0261. The third-order valence-corrected chi connectivity index (χ3v) is 7.59. The molecule has 1 fully saturated rings. The van der Waals surface area contributed by atoms with Gasteiger partial charge in [-0.2, -0.15) is 0 Å². The number of sulfonamides is 1. The minimum atomic E-state index is -4.02. The molecular formula is C21H26N2O4S2. The van der Waals surface area contributed by atoms with E-state index in [2.05, 4.69) is 4.72 Å². The molecule has 0 aliphatic carbocycles. The van der Waals surface area contributed by atoms with Gasteiger partial charge in [0.25, 0.3) is 15.9 Å². The highest BCUT2D eigenvalue weighted by Crippen LogP contribution is 2.32. The van der Waals surface area contributed by atoms with Crippen molar-refractivity contribution in [3.05, 3.63) is 52.2 Å². The van der Waals surface area contributed by atoms with Crippen LogP contribution in [0.1, 0.15) is 44.6 Å². The molecule has 29 heavy (non-hydrogen) atoms. The van der Waals surface area contributed by atoms with E-state index in [1.165, 1.54) is 28.4 Å². The summed E-state index contributed by atoms with van der Waals surface area (Å²) in [4.78, 5) is 27.8. The Hall–Kier alpha value is -2.19. The molecule has 0 spiro atoms. The van der Waals surface area contributed by atoms with Gasteiger partial charge < -0.3 is 4.90 Å². The first-order valence-corrected chi connectivity index (χ1v) is 11.8.